The fraction of sp³-hybridized carbons (Fsp3) is 0.333. The van der Waals surface area contributed by atoms with E-state index in [0.717, 1.165) is 53.5 Å². The molecule has 0 unspecified atom stereocenters. The highest BCUT2D eigenvalue weighted by Gasteiger charge is 2.28. The van der Waals surface area contributed by atoms with E-state index < -0.39 is 0 Å². The molecule has 1 amide bonds. The van der Waals surface area contributed by atoms with Crippen LogP contribution in [0.4, 0.5) is 0 Å². The summed E-state index contributed by atoms with van der Waals surface area (Å²) in [5, 5.41) is 2.02. The summed E-state index contributed by atoms with van der Waals surface area (Å²) >= 11 is 1.64. The molecule has 0 saturated carbocycles. The number of rotatable bonds is 4. The van der Waals surface area contributed by atoms with Gasteiger partial charge in [-0.15, -0.1) is 11.3 Å². The molecule has 0 spiro atoms. The topological polar surface area (TPSA) is 59.0 Å². The van der Waals surface area contributed by atoms with Gasteiger partial charge in [-0.25, -0.2) is 9.97 Å². The molecule has 0 radical (unpaired) electrons. The minimum Gasteiger partial charge on any atom is -0.342 e. The van der Waals surface area contributed by atoms with Crippen LogP contribution in [0.2, 0.25) is 0 Å². The number of amides is 1. The third-order valence-corrected chi connectivity index (χ3v) is 5.87. The first-order valence-electron chi connectivity index (χ1n) is 9.25. The zero-order valence-electron chi connectivity index (χ0n) is 15.3. The Morgan fingerprint density at radius 3 is 2.93 bits per heavy atom. The number of likely N-dealkylation sites (tertiary alicyclic amines) is 1. The second-order valence-electron chi connectivity index (χ2n) is 6.89. The van der Waals surface area contributed by atoms with Crippen LogP contribution in [0.25, 0.3) is 11.1 Å². The van der Waals surface area contributed by atoms with Gasteiger partial charge in [-0.3, -0.25) is 9.78 Å². The first kappa shape index (κ1) is 17.8. The molecule has 0 bridgehead atoms. The Morgan fingerprint density at radius 1 is 1.30 bits per heavy atom. The van der Waals surface area contributed by atoms with Crippen LogP contribution in [0.1, 0.15) is 35.2 Å². The average molecular weight is 379 g/mol. The summed E-state index contributed by atoms with van der Waals surface area (Å²) in [7, 11) is 0. The second kappa shape index (κ2) is 7.96. The zero-order valence-corrected chi connectivity index (χ0v) is 16.2. The average Bonchev–Trinajstić information content (AvgIpc) is 3.22. The second-order valence-corrected chi connectivity index (χ2v) is 7.92. The van der Waals surface area contributed by atoms with Gasteiger partial charge in [0.2, 0.25) is 5.91 Å². The van der Waals surface area contributed by atoms with Crippen molar-refractivity contribution < 1.29 is 4.79 Å². The van der Waals surface area contributed by atoms with E-state index in [1.165, 1.54) is 0 Å². The molecule has 4 heterocycles. The number of piperidine rings is 1. The van der Waals surface area contributed by atoms with E-state index >= 15 is 0 Å². The predicted octanol–water partition coefficient (Wildman–Crippen LogP) is 3.86. The summed E-state index contributed by atoms with van der Waals surface area (Å²) < 4.78 is 0. The molecule has 3 aromatic heterocycles. The van der Waals surface area contributed by atoms with Crippen molar-refractivity contribution in [3.63, 3.8) is 0 Å². The lowest BCUT2D eigenvalue weighted by molar-refractivity contribution is -0.131. The Morgan fingerprint density at radius 2 is 2.15 bits per heavy atom. The van der Waals surface area contributed by atoms with Gasteiger partial charge >= 0.3 is 0 Å². The van der Waals surface area contributed by atoms with Crippen LogP contribution in [0, 0.1) is 6.92 Å². The Labute approximate surface area is 163 Å². The first-order chi connectivity index (χ1) is 13.2. The van der Waals surface area contributed by atoms with Crippen molar-refractivity contribution in [1.82, 2.24) is 19.9 Å². The molecule has 0 aromatic carbocycles. The van der Waals surface area contributed by atoms with Gasteiger partial charge in [0.1, 0.15) is 5.82 Å². The summed E-state index contributed by atoms with van der Waals surface area (Å²) in [6.45, 7) is 3.47. The van der Waals surface area contributed by atoms with Crippen molar-refractivity contribution in [1.29, 1.82) is 0 Å². The van der Waals surface area contributed by atoms with Gasteiger partial charge in [0.25, 0.3) is 0 Å². The van der Waals surface area contributed by atoms with E-state index in [1.54, 1.807) is 23.7 Å². The quantitative estimate of drug-likeness (QED) is 0.692. The molecule has 0 N–H and O–H groups in total. The summed E-state index contributed by atoms with van der Waals surface area (Å²) in [5.41, 5.74) is 3.16. The Bertz CT molecular complexity index is 911. The SMILES string of the molecule is Cc1ncc(-c2ccncc2)c([C@H]2CCCN(C(=O)Cc3cccs3)C2)n1. The van der Waals surface area contributed by atoms with E-state index in [4.69, 9.17) is 4.98 Å². The van der Waals surface area contributed by atoms with Crippen molar-refractivity contribution in [2.45, 2.75) is 32.1 Å². The highest BCUT2D eigenvalue weighted by Crippen LogP contribution is 2.33. The van der Waals surface area contributed by atoms with E-state index in [-0.39, 0.29) is 11.8 Å². The molecule has 138 valence electrons. The van der Waals surface area contributed by atoms with Crippen LogP contribution in [-0.4, -0.2) is 38.8 Å². The number of hydrogen-bond donors (Lipinski definition) is 0. The highest BCUT2D eigenvalue weighted by atomic mass is 32.1. The number of thiophene rings is 1. The van der Waals surface area contributed by atoms with Gasteiger partial charge in [-0.2, -0.15) is 0 Å². The number of aryl methyl sites for hydroxylation is 1. The Kier molecular flexibility index (Phi) is 5.25. The Hall–Kier alpha value is -2.60. The van der Waals surface area contributed by atoms with Crippen LogP contribution in [0.3, 0.4) is 0 Å². The minimum absolute atomic E-state index is 0.207. The van der Waals surface area contributed by atoms with Crippen molar-refractivity contribution in [3.05, 3.63) is 64.6 Å². The van der Waals surface area contributed by atoms with Crippen molar-refractivity contribution in [3.8, 4) is 11.1 Å². The third kappa shape index (κ3) is 4.06. The number of carbonyl (C=O) groups excluding carboxylic acids is 1. The molecule has 1 aliphatic rings. The van der Waals surface area contributed by atoms with E-state index in [1.807, 2.05) is 47.7 Å². The van der Waals surface area contributed by atoms with Gasteiger partial charge < -0.3 is 4.90 Å². The van der Waals surface area contributed by atoms with Crippen LogP contribution >= 0.6 is 11.3 Å². The molecule has 1 aliphatic heterocycles. The van der Waals surface area contributed by atoms with Crippen LogP contribution in [0.5, 0.6) is 0 Å². The molecule has 4 rings (SSSR count). The minimum atomic E-state index is 0.207. The van der Waals surface area contributed by atoms with Crippen LogP contribution < -0.4 is 0 Å². The maximum Gasteiger partial charge on any atom is 0.227 e. The summed E-state index contributed by atoms with van der Waals surface area (Å²) in [6.07, 6.45) is 8.01. The van der Waals surface area contributed by atoms with Crippen LogP contribution in [0.15, 0.2) is 48.2 Å². The number of nitrogens with zero attached hydrogens (tertiary/aromatic N) is 4. The molecular weight excluding hydrogens is 356 g/mol. The molecule has 27 heavy (non-hydrogen) atoms. The van der Waals surface area contributed by atoms with Crippen molar-refractivity contribution >= 4 is 17.2 Å². The smallest absolute Gasteiger partial charge is 0.227 e. The number of carbonyl (C=O) groups is 1. The molecule has 1 atom stereocenters. The number of pyridine rings is 1. The largest absolute Gasteiger partial charge is 0.342 e. The maximum atomic E-state index is 12.8. The fourth-order valence-electron chi connectivity index (χ4n) is 3.65. The molecule has 6 heteroatoms. The zero-order chi connectivity index (χ0) is 18.6. The summed E-state index contributed by atoms with van der Waals surface area (Å²) in [6, 6.07) is 8.00. The monoisotopic (exact) mass is 378 g/mol. The Balaban J connectivity index is 1.58. The first-order valence-corrected chi connectivity index (χ1v) is 10.1. The summed E-state index contributed by atoms with van der Waals surface area (Å²) in [4.78, 5) is 29.2. The third-order valence-electron chi connectivity index (χ3n) is 5.00. The van der Waals surface area contributed by atoms with Gasteiger partial charge in [0.15, 0.2) is 0 Å². The maximum absolute atomic E-state index is 12.8. The summed E-state index contributed by atoms with van der Waals surface area (Å²) in [5.74, 6) is 1.21. The van der Waals surface area contributed by atoms with E-state index in [9.17, 15) is 4.79 Å². The number of hydrogen-bond acceptors (Lipinski definition) is 5. The normalized spacial score (nSPS) is 17.1. The fourth-order valence-corrected chi connectivity index (χ4v) is 4.35. The highest BCUT2D eigenvalue weighted by molar-refractivity contribution is 7.10. The molecule has 0 aliphatic carbocycles. The number of aromatic nitrogens is 3. The standard InChI is InChI=1S/C21H22N4OS/c1-15-23-13-19(16-6-8-22-9-7-16)21(24-15)17-4-2-10-25(14-17)20(26)12-18-5-3-11-27-18/h3,5-9,11,13,17H,2,4,10,12,14H2,1H3/t17-/m0/s1. The van der Waals surface area contributed by atoms with Crippen LogP contribution in [-0.2, 0) is 11.2 Å². The van der Waals surface area contributed by atoms with E-state index in [2.05, 4.69) is 9.97 Å². The van der Waals surface area contributed by atoms with E-state index in [0.29, 0.717) is 6.42 Å². The molecule has 1 saturated heterocycles. The lowest BCUT2D eigenvalue weighted by Gasteiger charge is -2.33. The molecule has 3 aromatic rings. The predicted molar refractivity (Wildman–Crippen MR) is 107 cm³/mol. The lowest BCUT2D eigenvalue weighted by atomic mass is 9.90. The van der Waals surface area contributed by atoms with Gasteiger partial charge in [-0.05, 0) is 48.9 Å². The van der Waals surface area contributed by atoms with Gasteiger partial charge in [-0.1, -0.05) is 6.07 Å². The van der Waals surface area contributed by atoms with Gasteiger partial charge in [0.05, 0.1) is 12.1 Å². The molecule has 1 fully saturated rings. The lowest BCUT2D eigenvalue weighted by Crippen LogP contribution is -2.40. The van der Waals surface area contributed by atoms with Crippen molar-refractivity contribution in [2.75, 3.05) is 13.1 Å². The molecular formula is C21H22N4OS. The molecule has 5 nitrogen and oxygen atoms in total. The van der Waals surface area contributed by atoms with Gasteiger partial charge in [0, 0.05) is 48.0 Å². The van der Waals surface area contributed by atoms with Crippen molar-refractivity contribution in [2.24, 2.45) is 0 Å².